The molecule has 1 aromatic carbocycles. The first-order chi connectivity index (χ1) is 9.15. The van der Waals surface area contributed by atoms with Gasteiger partial charge in [0.2, 0.25) is 0 Å². The van der Waals surface area contributed by atoms with E-state index in [0.29, 0.717) is 18.1 Å². The van der Waals surface area contributed by atoms with Gasteiger partial charge in [-0.25, -0.2) is 0 Å². The van der Waals surface area contributed by atoms with E-state index >= 15 is 0 Å². The number of benzene rings is 1. The molecule has 4 heteroatoms. The molecule has 2 unspecified atom stereocenters. The minimum absolute atomic E-state index is 0.304. The largest absolute Gasteiger partial charge is 0.379 e. The fourth-order valence-electron chi connectivity index (χ4n) is 2.56. The van der Waals surface area contributed by atoms with Crippen LogP contribution in [0.4, 0.5) is 0 Å². The predicted molar refractivity (Wildman–Crippen MR) is 79.7 cm³/mol. The predicted octanol–water partition coefficient (Wildman–Crippen LogP) is 2.76. The lowest BCUT2D eigenvalue weighted by Gasteiger charge is -2.28. The van der Waals surface area contributed by atoms with Crippen molar-refractivity contribution in [3.05, 3.63) is 34.9 Å². The second-order valence-electron chi connectivity index (χ2n) is 5.31. The van der Waals surface area contributed by atoms with Crippen molar-refractivity contribution in [2.45, 2.75) is 38.4 Å². The van der Waals surface area contributed by atoms with Gasteiger partial charge in [-0.1, -0.05) is 23.7 Å². The van der Waals surface area contributed by atoms with Crippen molar-refractivity contribution in [1.82, 2.24) is 10.6 Å². The van der Waals surface area contributed by atoms with Crippen LogP contribution < -0.4 is 10.6 Å². The Morgan fingerprint density at radius 2 is 2.32 bits per heavy atom. The van der Waals surface area contributed by atoms with Crippen molar-refractivity contribution < 1.29 is 4.74 Å². The van der Waals surface area contributed by atoms with Crippen molar-refractivity contribution >= 4 is 11.6 Å². The van der Waals surface area contributed by atoms with E-state index in [1.54, 1.807) is 0 Å². The molecule has 2 rings (SSSR count). The summed E-state index contributed by atoms with van der Waals surface area (Å²) in [4.78, 5) is 0. The third-order valence-electron chi connectivity index (χ3n) is 3.52. The summed E-state index contributed by atoms with van der Waals surface area (Å²) in [6.45, 7) is 7.00. The maximum atomic E-state index is 6.03. The van der Waals surface area contributed by atoms with Crippen molar-refractivity contribution in [3.63, 3.8) is 0 Å². The highest BCUT2D eigenvalue weighted by molar-refractivity contribution is 6.30. The van der Waals surface area contributed by atoms with Crippen LogP contribution in [0.2, 0.25) is 5.02 Å². The molecule has 1 fully saturated rings. The summed E-state index contributed by atoms with van der Waals surface area (Å²) in [6, 6.07) is 9.24. The molecule has 0 saturated carbocycles. The van der Waals surface area contributed by atoms with E-state index in [1.165, 1.54) is 5.56 Å². The van der Waals surface area contributed by atoms with Crippen LogP contribution in [0.5, 0.6) is 0 Å². The summed E-state index contributed by atoms with van der Waals surface area (Å²) in [5.74, 6) is 0. The fraction of sp³-hybridized carbons (Fsp3) is 0.600. The summed E-state index contributed by atoms with van der Waals surface area (Å²) >= 11 is 6.03. The van der Waals surface area contributed by atoms with Crippen molar-refractivity contribution in [2.75, 3.05) is 19.8 Å². The number of hydrogen-bond donors (Lipinski definition) is 2. The van der Waals surface area contributed by atoms with E-state index in [4.69, 9.17) is 16.3 Å². The molecular formula is C15H23ClN2O. The Bertz CT molecular complexity index is 393. The van der Waals surface area contributed by atoms with Gasteiger partial charge < -0.3 is 15.4 Å². The molecule has 0 aliphatic carbocycles. The van der Waals surface area contributed by atoms with Crippen LogP contribution in [0.1, 0.15) is 31.9 Å². The maximum absolute atomic E-state index is 6.03. The standard InChI is InChI=1S/C15H23ClN2O/c1-11(8-15-10-19-7-6-17-15)18-12(2)13-4-3-5-14(16)9-13/h3-5,9,11-12,15,17-18H,6-8,10H2,1-2H3/t11?,12-,15?/m0/s1. The first-order valence-corrected chi connectivity index (χ1v) is 7.35. The lowest BCUT2D eigenvalue weighted by atomic mass is 10.0. The van der Waals surface area contributed by atoms with Gasteiger partial charge >= 0.3 is 0 Å². The number of halogens is 1. The van der Waals surface area contributed by atoms with Gasteiger partial charge in [0.05, 0.1) is 13.2 Å². The maximum Gasteiger partial charge on any atom is 0.0620 e. The van der Waals surface area contributed by atoms with Crippen LogP contribution in [0.15, 0.2) is 24.3 Å². The number of morpholine rings is 1. The molecular weight excluding hydrogens is 260 g/mol. The SMILES string of the molecule is CC(CC1COCCN1)N[C@@H](C)c1cccc(Cl)c1. The Morgan fingerprint density at radius 1 is 1.47 bits per heavy atom. The molecule has 1 aliphatic heterocycles. The second-order valence-corrected chi connectivity index (χ2v) is 5.74. The number of rotatable bonds is 5. The summed E-state index contributed by atoms with van der Waals surface area (Å²) in [7, 11) is 0. The number of nitrogens with one attached hydrogen (secondary N) is 2. The summed E-state index contributed by atoms with van der Waals surface area (Å²) in [5, 5.41) is 7.90. The van der Waals surface area contributed by atoms with Crippen LogP contribution in [-0.2, 0) is 4.74 Å². The first-order valence-electron chi connectivity index (χ1n) is 6.98. The fourth-order valence-corrected chi connectivity index (χ4v) is 2.76. The van der Waals surface area contributed by atoms with Gasteiger partial charge in [0.15, 0.2) is 0 Å². The molecule has 0 aromatic heterocycles. The second kappa shape index (κ2) is 7.25. The summed E-state index contributed by atoms with van der Waals surface area (Å²) < 4.78 is 5.48. The van der Waals surface area contributed by atoms with Gasteiger partial charge in [0.25, 0.3) is 0 Å². The zero-order chi connectivity index (χ0) is 13.7. The molecule has 19 heavy (non-hydrogen) atoms. The minimum atomic E-state index is 0.304. The first kappa shape index (κ1) is 14.8. The van der Waals surface area contributed by atoms with Crippen LogP contribution in [-0.4, -0.2) is 31.8 Å². The topological polar surface area (TPSA) is 33.3 Å². The van der Waals surface area contributed by atoms with E-state index < -0.39 is 0 Å². The molecule has 106 valence electrons. The molecule has 3 atom stereocenters. The normalized spacial score (nSPS) is 23.0. The Morgan fingerprint density at radius 3 is 3.00 bits per heavy atom. The van der Waals surface area contributed by atoms with Gasteiger partial charge in [-0.3, -0.25) is 0 Å². The molecule has 2 N–H and O–H groups in total. The summed E-state index contributed by atoms with van der Waals surface area (Å²) in [6.07, 6.45) is 1.07. The van der Waals surface area contributed by atoms with Crippen LogP contribution >= 0.6 is 11.6 Å². The Hall–Kier alpha value is -0.610. The minimum Gasteiger partial charge on any atom is -0.379 e. The van der Waals surface area contributed by atoms with Gasteiger partial charge in [0, 0.05) is 29.7 Å². The third kappa shape index (κ3) is 4.77. The van der Waals surface area contributed by atoms with E-state index in [1.807, 2.05) is 18.2 Å². The third-order valence-corrected chi connectivity index (χ3v) is 3.75. The molecule has 1 saturated heterocycles. The molecule has 1 heterocycles. The van der Waals surface area contributed by atoms with Gasteiger partial charge in [-0.2, -0.15) is 0 Å². The molecule has 1 aliphatic rings. The van der Waals surface area contributed by atoms with Gasteiger partial charge in [-0.15, -0.1) is 0 Å². The zero-order valence-electron chi connectivity index (χ0n) is 11.7. The van der Waals surface area contributed by atoms with E-state index in [2.05, 4.69) is 30.5 Å². The highest BCUT2D eigenvalue weighted by Gasteiger charge is 2.17. The number of hydrogen-bond acceptors (Lipinski definition) is 3. The molecule has 0 radical (unpaired) electrons. The quantitative estimate of drug-likeness (QED) is 0.871. The average molecular weight is 283 g/mol. The van der Waals surface area contributed by atoms with E-state index in [9.17, 15) is 0 Å². The lowest BCUT2D eigenvalue weighted by Crippen LogP contribution is -2.45. The average Bonchev–Trinajstić information content (AvgIpc) is 2.39. The van der Waals surface area contributed by atoms with Crippen molar-refractivity contribution in [3.8, 4) is 0 Å². The van der Waals surface area contributed by atoms with Crippen LogP contribution in [0.3, 0.4) is 0 Å². The molecule has 3 nitrogen and oxygen atoms in total. The number of ether oxygens (including phenoxy) is 1. The van der Waals surface area contributed by atoms with Gasteiger partial charge in [-0.05, 0) is 38.0 Å². The van der Waals surface area contributed by atoms with Crippen LogP contribution in [0, 0.1) is 0 Å². The van der Waals surface area contributed by atoms with Crippen molar-refractivity contribution in [2.24, 2.45) is 0 Å². The Kier molecular flexibility index (Phi) is 5.64. The monoisotopic (exact) mass is 282 g/mol. The van der Waals surface area contributed by atoms with E-state index in [-0.39, 0.29) is 0 Å². The summed E-state index contributed by atoms with van der Waals surface area (Å²) in [5.41, 5.74) is 1.23. The highest BCUT2D eigenvalue weighted by Crippen LogP contribution is 2.18. The van der Waals surface area contributed by atoms with Crippen molar-refractivity contribution in [1.29, 1.82) is 0 Å². The Balaban J connectivity index is 1.82. The van der Waals surface area contributed by atoms with Gasteiger partial charge in [0.1, 0.15) is 0 Å². The van der Waals surface area contributed by atoms with E-state index in [0.717, 1.165) is 31.2 Å². The Labute approximate surface area is 120 Å². The molecule has 0 spiro atoms. The molecule has 1 aromatic rings. The highest BCUT2D eigenvalue weighted by atomic mass is 35.5. The zero-order valence-corrected chi connectivity index (χ0v) is 12.4. The molecule has 0 amide bonds. The lowest BCUT2D eigenvalue weighted by molar-refractivity contribution is 0.0708. The smallest absolute Gasteiger partial charge is 0.0620 e. The molecule has 0 bridgehead atoms. The van der Waals surface area contributed by atoms with Crippen LogP contribution in [0.25, 0.3) is 0 Å².